The van der Waals surface area contributed by atoms with Gasteiger partial charge in [0.1, 0.15) is 0 Å². The van der Waals surface area contributed by atoms with E-state index in [0.29, 0.717) is 10.6 Å². The fourth-order valence-corrected chi connectivity index (χ4v) is 2.77. The second-order valence-electron chi connectivity index (χ2n) is 5.81. The summed E-state index contributed by atoms with van der Waals surface area (Å²) in [6, 6.07) is 14.9. The molecule has 1 N–H and O–H groups in total. The number of carbonyl (C=O) groups excluding carboxylic acids is 1. The number of hydrogen-bond acceptors (Lipinski definition) is 4. The molecule has 1 saturated heterocycles. The normalized spacial score (nSPS) is 15.4. The number of halogens is 1. The highest BCUT2D eigenvalue weighted by atomic mass is 35.5. The summed E-state index contributed by atoms with van der Waals surface area (Å²) in [5, 5.41) is 4.55. The molecule has 1 aliphatic rings. The van der Waals surface area contributed by atoms with Gasteiger partial charge in [-0.15, -0.1) is 0 Å². The van der Waals surface area contributed by atoms with E-state index in [-0.39, 0.29) is 5.91 Å². The van der Waals surface area contributed by atoms with Crippen LogP contribution in [0.15, 0.2) is 53.6 Å². The van der Waals surface area contributed by atoms with Gasteiger partial charge in [0.25, 0.3) is 5.91 Å². The first-order valence-corrected chi connectivity index (χ1v) is 8.57. The van der Waals surface area contributed by atoms with Gasteiger partial charge in [-0.3, -0.25) is 9.69 Å². The molecule has 2 aromatic rings. The van der Waals surface area contributed by atoms with Crippen LogP contribution >= 0.6 is 11.6 Å². The molecule has 1 amide bonds. The van der Waals surface area contributed by atoms with Gasteiger partial charge >= 0.3 is 0 Å². The number of hydrazone groups is 1. The fourth-order valence-electron chi connectivity index (χ4n) is 2.58. The van der Waals surface area contributed by atoms with Gasteiger partial charge in [-0.05, 0) is 23.8 Å². The van der Waals surface area contributed by atoms with Crippen LogP contribution in [0.3, 0.4) is 0 Å². The zero-order valence-corrected chi connectivity index (χ0v) is 14.6. The van der Waals surface area contributed by atoms with Crippen molar-refractivity contribution in [2.24, 2.45) is 5.10 Å². The summed E-state index contributed by atoms with van der Waals surface area (Å²) < 4.78 is 5.35. The van der Waals surface area contributed by atoms with Crippen molar-refractivity contribution in [3.05, 3.63) is 70.2 Å². The first-order chi connectivity index (χ1) is 12.2. The number of benzene rings is 2. The van der Waals surface area contributed by atoms with E-state index in [0.717, 1.165) is 38.4 Å². The Balaban J connectivity index is 1.54. The van der Waals surface area contributed by atoms with Gasteiger partial charge in [-0.1, -0.05) is 41.9 Å². The molecule has 0 radical (unpaired) electrons. The summed E-state index contributed by atoms with van der Waals surface area (Å²) >= 11 is 6.04. The Hall–Kier alpha value is -2.21. The summed E-state index contributed by atoms with van der Waals surface area (Å²) in [5.41, 5.74) is 5.03. The highest BCUT2D eigenvalue weighted by molar-refractivity contribution is 6.33. The molecule has 1 aliphatic heterocycles. The minimum Gasteiger partial charge on any atom is -0.379 e. The second-order valence-corrected chi connectivity index (χ2v) is 6.21. The molecule has 0 atom stereocenters. The number of hydrogen-bond donors (Lipinski definition) is 1. The molecule has 6 heteroatoms. The van der Waals surface area contributed by atoms with Crippen LogP contribution in [0.4, 0.5) is 0 Å². The molecular weight excluding hydrogens is 338 g/mol. The topological polar surface area (TPSA) is 53.9 Å². The van der Waals surface area contributed by atoms with Gasteiger partial charge in [0, 0.05) is 35.8 Å². The van der Waals surface area contributed by atoms with E-state index in [9.17, 15) is 4.79 Å². The van der Waals surface area contributed by atoms with Crippen molar-refractivity contribution in [1.29, 1.82) is 0 Å². The quantitative estimate of drug-likeness (QED) is 0.661. The minimum atomic E-state index is -0.249. The van der Waals surface area contributed by atoms with Crippen LogP contribution in [-0.2, 0) is 11.3 Å². The van der Waals surface area contributed by atoms with E-state index in [1.54, 1.807) is 6.07 Å². The summed E-state index contributed by atoms with van der Waals surface area (Å²) in [5.74, 6) is -0.249. The maximum absolute atomic E-state index is 12.1. The van der Waals surface area contributed by atoms with Crippen LogP contribution in [-0.4, -0.2) is 43.3 Å². The van der Waals surface area contributed by atoms with E-state index in [4.69, 9.17) is 16.3 Å². The summed E-state index contributed by atoms with van der Waals surface area (Å²) in [7, 11) is 0. The summed E-state index contributed by atoms with van der Waals surface area (Å²) in [6.45, 7) is 4.32. The Morgan fingerprint density at radius 2 is 1.88 bits per heavy atom. The smallest absolute Gasteiger partial charge is 0.271 e. The molecule has 1 heterocycles. The standard InChI is InChI=1S/C19H20ClN3O2/c20-18-4-2-1-3-17(18)13-21-22-19(24)16-7-5-15(6-8-16)14-23-9-11-25-12-10-23/h1-8,13H,9-12,14H2,(H,22,24). The number of nitrogens with one attached hydrogen (secondary N) is 1. The van der Waals surface area contributed by atoms with E-state index in [1.807, 2.05) is 42.5 Å². The third-order valence-electron chi connectivity index (χ3n) is 4.00. The monoisotopic (exact) mass is 357 g/mol. The number of ether oxygens (including phenoxy) is 1. The van der Waals surface area contributed by atoms with E-state index >= 15 is 0 Å². The molecule has 1 fully saturated rings. The lowest BCUT2D eigenvalue weighted by Crippen LogP contribution is -2.35. The molecule has 3 rings (SSSR count). The molecule has 25 heavy (non-hydrogen) atoms. The number of morpholine rings is 1. The third kappa shape index (κ3) is 5.13. The predicted molar refractivity (Wildman–Crippen MR) is 99.1 cm³/mol. The summed E-state index contributed by atoms with van der Waals surface area (Å²) in [6.07, 6.45) is 1.53. The van der Waals surface area contributed by atoms with Crippen LogP contribution in [0.1, 0.15) is 21.5 Å². The Bertz CT molecular complexity index is 741. The SMILES string of the molecule is O=C(NN=Cc1ccccc1Cl)c1ccc(CN2CCOCC2)cc1. The van der Waals surface area contributed by atoms with Crippen LogP contribution in [0.2, 0.25) is 5.02 Å². The van der Waals surface area contributed by atoms with Crippen LogP contribution in [0, 0.1) is 0 Å². The molecule has 2 aromatic carbocycles. The maximum Gasteiger partial charge on any atom is 0.271 e. The minimum absolute atomic E-state index is 0.249. The molecule has 0 bridgehead atoms. The van der Waals surface area contributed by atoms with E-state index < -0.39 is 0 Å². The van der Waals surface area contributed by atoms with Crippen LogP contribution in [0.5, 0.6) is 0 Å². The number of carbonyl (C=O) groups is 1. The first-order valence-electron chi connectivity index (χ1n) is 8.19. The predicted octanol–water partition coefficient (Wildman–Crippen LogP) is 2.94. The molecular formula is C19H20ClN3O2. The van der Waals surface area contributed by atoms with Gasteiger partial charge in [-0.25, -0.2) is 5.43 Å². The maximum atomic E-state index is 12.1. The van der Waals surface area contributed by atoms with Crippen LogP contribution in [0.25, 0.3) is 0 Å². The largest absolute Gasteiger partial charge is 0.379 e. The van der Waals surface area contributed by atoms with Crippen molar-refractivity contribution in [1.82, 2.24) is 10.3 Å². The van der Waals surface area contributed by atoms with Gasteiger partial charge in [0.05, 0.1) is 19.4 Å². The van der Waals surface area contributed by atoms with Gasteiger partial charge in [-0.2, -0.15) is 5.10 Å². The average Bonchev–Trinajstić information content (AvgIpc) is 2.65. The molecule has 0 aromatic heterocycles. The molecule has 130 valence electrons. The highest BCUT2D eigenvalue weighted by Gasteiger charge is 2.11. The van der Waals surface area contributed by atoms with E-state index in [2.05, 4.69) is 15.4 Å². The molecule has 0 saturated carbocycles. The third-order valence-corrected chi connectivity index (χ3v) is 4.35. The fraction of sp³-hybridized carbons (Fsp3) is 0.263. The average molecular weight is 358 g/mol. The van der Waals surface area contributed by atoms with Crippen molar-refractivity contribution in [3.63, 3.8) is 0 Å². The van der Waals surface area contributed by atoms with Crippen molar-refractivity contribution >= 4 is 23.7 Å². The van der Waals surface area contributed by atoms with Crippen LogP contribution < -0.4 is 5.43 Å². The van der Waals surface area contributed by atoms with Crippen molar-refractivity contribution in [2.75, 3.05) is 26.3 Å². The molecule has 0 aliphatic carbocycles. The zero-order chi connectivity index (χ0) is 17.5. The Kier molecular flexibility index (Phi) is 6.17. The van der Waals surface area contributed by atoms with Gasteiger partial charge < -0.3 is 4.74 Å². The lowest BCUT2D eigenvalue weighted by Gasteiger charge is -2.26. The van der Waals surface area contributed by atoms with Crippen molar-refractivity contribution < 1.29 is 9.53 Å². The van der Waals surface area contributed by atoms with Gasteiger partial charge in [0.15, 0.2) is 0 Å². The summed E-state index contributed by atoms with van der Waals surface area (Å²) in [4.78, 5) is 14.5. The zero-order valence-electron chi connectivity index (χ0n) is 13.8. The van der Waals surface area contributed by atoms with E-state index in [1.165, 1.54) is 11.8 Å². The lowest BCUT2D eigenvalue weighted by molar-refractivity contribution is 0.0342. The number of amides is 1. The second kappa shape index (κ2) is 8.76. The van der Waals surface area contributed by atoms with Gasteiger partial charge in [0.2, 0.25) is 0 Å². The van der Waals surface area contributed by atoms with Crippen molar-refractivity contribution in [2.45, 2.75) is 6.54 Å². The molecule has 0 spiro atoms. The highest BCUT2D eigenvalue weighted by Crippen LogP contribution is 2.12. The first kappa shape index (κ1) is 17.6. The molecule has 0 unspecified atom stereocenters. The van der Waals surface area contributed by atoms with Crippen molar-refractivity contribution in [3.8, 4) is 0 Å². The number of nitrogens with zero attached hydrogens (tertiary/aromatic N) is 2. The lowest BCUT2D eigenvalue weighted by atomic mass is 10.1. The Morgan fingerprint density at radius 3 is 2.60 bits per heavy atom. The number of rotatable bonds is 5. The molecule has 5 nitrogen and oxygen atoms in total. The Labute approximate surface area is 152 Å². The Morgan fingerprint density at radius 1 is 1.16 bits per heavy atom.